The number of carbonyl (C=O) groups is 1. The van der Waals surface area contributed by atoms with Gasteiger partial charge in [0.2, 0.25) is 0 Å². The minimum Gasteiger partial charge on any atom is -0.366 e. The van der Waals surface area contributed by atoms with E-state index in [1.54, 1.807) is 12.1 Å². The number of amides is 1. The van der Waals surface area contributed by atoms with Crippen molar-refractivity contribution in [1.82, 2.24) is 15.1 Å². The van der Waals surface area contributed by atoms with Gasteiger partial charge in [-0.1, -0.05) is 24.2 Å². The highest BCUT2D eigenvalue weighted by Crippen LogP contribution is 2.25. The monoisotopic (exact) mass is 328 g/mol. The molecule has 122 valence electrons. The minimum absolute atomic E-state index is 0.144. The van der Waals surface area contributed by atoms with E-state index in [4.69, 9.17) is 16.7 Å². The second-order valence-corrected chi connectivity index (χ2v) is 5.35. The average Bonchev–Trinajstić information content (AvgIpc) is 3.16. The van der Waals surface area contributed by atoms with Gasteiger partial charge in [0.25, 0.3) is 5.91 Å². The summed E-state index contributed by atoms with van der Waals surface area (Å²) < 4.78 is 67.4. The Morgan fingerprint density at radius 2 is 2.21 bits per heavy atom. The summed E-state index contributed by atoms with van der Waals surface area (Å²) in [6.45, 7) is -2.38. The van der Waals surface area contributed by atoms with E-state index in [2.05, 4.69) is 10.4 Å². The molecule has 5 atom stereocenters. The van der Waals surface area contributed by atoms with Crippen molar-refractivity contribution < 1.29 is 15.8 Å². The summed E-state index contributed by atoms with van der Waals surface area (Å²) in [5.74, 6) is -1.82. The van der Waals surface area contributed by atoms with Crippen molar-refractivity contribution >= 4 is 16.8 Å². The van der Waals surface area contributed by atoms with Crippen molar-refractivity contribution in [3.8, 4) is 5.69 Å². The molecule has 5 nitrogen and oxygen atoms in total. The first-order valence-corrected chi connectivity index (χ1v) is 7.38. The van der Waals surface area contributed by atoms with Gasteiger partial charge in [-0.15, -0.1) is 0 Å². The molecule has 24 heavy (non-hydrogen) atoms. The fraction of sp³-hybridized carbons (Fsp3) is 0.263. The van der Waals surface area contributed by atoms with E-state index in [0.717, 1.165) is 4.68 Å². The predicted molar refractivity (Wildman–Crippen MR) is 94.4 cm³/mol. The Morgan fingerprint density at radius 3 is 3.00 bits per heavy atom. The lowest BCUT2D eigenvalue weighted by molar-refractivity contribution is 0.100. The molecule has 1 aliphatic rings. The molecule has 1 saturated heterocycles. The Bertz CT molecular complexity index is 1200. The standard InChI is InChI=1S/C19H20N4O/c20-19(24)17-5-1-3-15-12-23(22-18(15)17)16-8-6-13(7-9-16)14-4-2-10-21-11-14/h1,3,5-9,12,14,21H,2,4,10-11H2,(H2,20,24)/i2D,4D,6D,7D,8D,9D,10D,11D. The molecule has 5 unspecified atom stereocenters. The van der Waals surface area contributed by atoms with Gasteiger partial charge >= 0.3 is 0 Å². The third kappa shape index (κ3) is 2.67. The zero-order valence-corrected chi connectivity index (χ0v) is 12.6. The molecule has 0 saturated carbocycles. The first kappa shape index (κ1) is 8.44. The maximum absolute atomic E-state index is 11.7. The van der Waals surface area contributed by atoms with Crippen LogP contribution in [-0.2, 0) is 0 Å². The zero-order valence-electron chi connectivity index (χ0n) is 20.6. The van der Waals surface area contributed by atoms with Crippen molar-refractivity contribution in [2.75, 3.05) is 13.0 Å². The van der Waals surface area contributed by atoms with Gasteiger partial charge in [-0.05, 0) is 48.9 Å². The number of nitrogens with two attached hydrogens (primary N) is 1. The zero-order chi connectivity index (χ0) is 23.5. The SMILES string of the molecule is [2H]c1c([2H])c(-n2cc3cccc(C(N)=O)c3n2)c([2H])c([2H])c1C1C([2H])NC([2H])C([2H])C1[2H]. The van der Waals surface area contributed by atoms with Crippen LogP contribution in [0.5, 0.6) is 0 Å². The van der Waals surface area contributed by atoms with E-state index in [1.807, 2.05) is 0 Å². The molecule has 0 radical (unpaired) electrons. The fourth-order valence-electron chi connectivity index (χ4n) is 2.58. The second kappa shape index (κ2) is 6.09. The van der Waals surface area contributed by atoms with Crippen LogP contribution in [0, 0.1) is 0 Å². The molecule has 0 aliphatic carbocycles. The fourth-order valence-corrected chi connectivity index (χ4v) is 2.58. The maximum atomic E-state index is 11.7. The lowest BCUT2D eigenvalue weighted by atomic mass is 9.92. The molecule has 2 heterocycles. The molecule has 1 aromatic heterocycles. The van der Waals surface area contributed by atoms with E-state index < -0.39 is 61.8 Å². The maximum Gasteiger partial charge on any atom is 0.250 e. The van der Waals surface area contributed by atoms with Gasteiger partial charge in [-0.2, -0.15) is 5.10 Å². The number of nitrogens with zero attached hydrogens (tertiary/aromatic N) is 2. The summed E-state index contributed by atoms with van der Waals surface area (Å²) in [6.07, 6.45) is -1.02. The van der Waals surface area contributed by atoms with Crippen LogP contribution < -0.4 is 11.1 Å². The molecule has 1 amide bonds. The van der Waals surface area contributed by atoms with Crippen LogP contribution in [0.25, 0.3) is 16.6 Å². The first-order valence-electron chi connectivity index (χ1n) is 11.7. The largest absolute Gasteiger partial charge is 0.366 e. The molecule has 0 bridgehead atoms. The van der Waals surface area contributed by atoms with Crippen molar-refractivity contribution in [1.29, 1.82) is 0 Å². The number of hydrogen-bond donors (Lipinski definition) is 2. The van der Waals surface area contributed by atoms with E-state index in [1.165, 1.54) is 12.3 Å². The number of piperidine rings is 1. The van der Waals surface area contributed by atoms with Gasteiger partial charge in [-0.3, -0.25) is 4.79 Å². The number of benzene rings is 2. The Kier molecular flexibility index (Phi) is 2.14. The van der Waals surface area contributed by atoms with Crippen molar-refractivity contribution in [3.63, 3.8) is 0 Å². The Hall–Kier alpha value is -2.66. The number of rotatable bonds is 3. The van der Waals surface area contributed by atoms with Crippen LogP contribution in [0.2, 0.25) is 0 Å². The summed E-state index contributed by atoms with van der Waals surface area (Å²) in [7, 11) is 0. The van der Waals surface area contributed by atoms with Gasteiger partial charge < -0.3 is 11.1 Å². The summed E-state index contributed by atoms with van der Waals surface area (Å²) in [6, 6.07) is 3.05. The topological polar surface area (TPSA) is 72.9 Å². The first-order chi connectivity index (χ1) is 15.0. The minimum atomic E-state index is -1.27. The Labute approximate surface area is 151 Å². The number of aromatic nitrogens is 2. The predicted octanol–water partition coefficient (Wildman–Crippen LogP) is 2.59. The van der Waals surface area contributed by atoms with E-state index in [0.29, 0.717) is 5.39 Å². The smallest absolute Gasteiger partial charge is 0.250 e. The summed E-state index contributed by atoms with van der Waals surface area (Å²) in [5.41, 5.74) is 5.51. The number of hydrogen-bond acceptors (Lipinski definition) is 3. The molecular formula is C19H20N4O. The van der Waals surface area contributed by atoms with Gasteiger partial charge in [0.15, 0.2) is 0 Å². The van der Waals surface area contributed by atoms with E-state index in [9.17, 15) is 4.79 Å². The number of primary amides is 1. The van der Waals surface area contributed by atoms with Crippen LogP contribution in [0.15, 0.2) is 48.6 Å². The Morgan fingerprint density at radius 1 is 1.38 bits per heavy atom. The van der Waals surface area contributed by atoms with Crippen LogP contribution >= 0.6 is 0 Å². The molecule has 2 aromatic carbocycles. The third-order valence-electron chi connectivity index (χ3n) is 3.78. The van der Waals surface area contributed by atoms with Crippen LogP contribution in [0.3, 0.4) is 0 Å². The highest BCUT2D eigenvalue weighted by molar-refractivity contribution is 6.04. The number of nitrogens with one attached hydrogen (secondary N) is 1. The lowest BCUT2D eigenvalue weighted by Crippen LogP contribution is -2.28. The van der Waals surface area contributed by atoms with Gasteiger partial charge in [0.1, 0.15) is 5.52 Å². The quantitative estimate of drug-likeness (QED) is 0.776. The normalized spacial score (nSPS) is 34.9. The Balaban J connectivity index is 1.90. The highest BCUT2D eigenvalue weighted by Gasteiger charge is 2.15. The number of fused-ring (bicyclic) bond motifs is 1. The molecular weight excluding hydrogens is 300 g/mol. The molecule has 5 heteroatoms. The van der Waals surface area contributed by atoms with E-state index >= 15 is 0 Å². The van der Waals surface area contributed by atoms with Crippen molar-refractivity contribution in [3.05, 3.63) is 59.7 Å². The van der Waals surface area contributed by atoms with Crippen LogP contribution in [0.4, 0.5) is 0 Å². The van der Waals surface area contributed by atoms with Gasteiger partial charge in [-0.25, -0.2) is 4.68 Å². The third-order valence-corrected chi connectivity index (χ3v) is 3.78. The lowest BCUT2D eigenvalue weighted by Gasteiger charge is -2.23. The van der Waals surface area contributed by atoms with E-state index in [-0.39, 0.29) is 22.3 Å². The number of carbonyl (C=O) groups excluding carboxylic acids is 1. The average molecular weight is 328 g/mol. The van der Waals surface area contributed by atoms with Crippen LogP contribution in [0.1, 0.15) is 45.6 Å². The summed E-state index contributed by atoms with van der Waals surface area (Å²) in [5, 5.41) is 7.35. The molecule has 1 aliphatic heterocycles. The molecule has 3 N–H and O–H groups in total. The molecule has 1 fully saturated rings. The van der Waals surface area contributed by atoms with Gasteiger partial charge in [0, 0.05) is 23.6 Å². The van der Waals surface area contributed by atoms with Crippen molar-refractivity contribution in [2.45, 2.75) is 18.7 Å². The van der Waals surface area contributed by atoms with Crippen LogP contribution in [-0.4, -0.2) is 28.7 Å². The second-order valence-electron chi connectivity index (χ2n) is 5.35. The molecule has 0 spiro atoms. The van der Waals surface area contributed by atoms with Crippen molar-refractivity contribution in [2.24, 2.45) is 5.73 Å². The molecule has 4 rings (SSSR count). The summed E-state index contributed by atoms with van der Waals surface area (Å²) >= 11 is 0. The molecule has 3 aromatic rings. The van der Waals surface area contributed by atoms with Gasteiger partial charge in [0.05, 0.1) is 16.7 Å². The highest BCUT2D eigenvalue weighted by atomic mass is 16.1. The summed E-state index contributed by atoms with van der Waals surface area (Å²) in [4.78, 5) is 11.7.